The molecule has 102 valence electrons. The number of aromatic nitrogens is 1. The molecule has 1 saturated carbocycles. The van der Waals surface area contributed by atoms with Crippen LogP contribution in [0.15, 0.2) is 24.4 Å². The van der Waals surface area contributed by atoms with E-state index in [2.05, 4.69) is 10.3 Å². The van der Waals surface area contributed by atoms with E-state index in [1.54, 1.807) is 24.4 Å². The van der Waals surface area contributed by atoms with Crippen LogP contribution in [0.25, 0.3) is 0 Å². The third-order valence-corrected chi connectivity index (χ3v) is 3.64. The lowest BCUT2D eigenvalue weighted by molar-refractivity contribution is -0.143. The molecule has 5 nitrogen and oxygen atoms in total. The van der Waals surface area contributed by atoms with Crippen LogP contribution in [0.3, 0.4) is 0 Å². The van der Waals surface area contributed by atoms with Gasteiger partial charge >= 0.3 is 5.97 Å². The first-order chi connectivity index (χ1) is 9.16. The van der Waals surface area contributed by atoms with Crippen molar-refractivity contribution >= 4 is 11.9 Å². The van der Waals surface area contributed by atoms with Crippen LogP contribution in [0.2, 0.25) is 0 Å². The van der Waals surface area contributed by atoms with Crippen molar-refractivity contribution in [3.05, 3.63) is 30.1 Å². The minimum atomic E-state index is -0.698. The van der Waals surface area contributed by atoms with E-state index in [-0.39, 0.29) is 11.8 Å². The van der Waals surface area contributed by atoms with Gasteiger partial charge in [-0.3, -0.25) is 14.6 Å². The van der Waals surface area contributed by atoms with Crippen LogP contribution in [0.4, 0.5) is 0 Å². The predicted molar refractivity (Wildman–Crippen MR) is 69.7 cm³/mol. The van der Waals surface area contributed by atoms with Gasteiger partial charge in [-0.15, -0.1) is 0 Å². The highest BCUT2D eigenvalue weighted by Gasteiger charge is 2.26. The number of carboxylic acids is 1. The lowest BCUT2D eigenvalue weighted by Crippen LogP contribution is -2.32. The Morgan fingerprint density at radius 3 is 2.58 bits per heavy atom. The van der Waals surface area contributed by atoms with Crippen molar-refractivity contribution < 1.29 is 14.7 Å². The fourth-order valence-corrected chi connectivity index (χ4v) is 2.44. The van der Waals surface area contributed by atoms with E-state index in [1.165, 1.54) is 0 Å². The molecule has 0 radical (unpaired) electrons. The Morgan fingerprint density at radius 2 is 2.00 bits per heavy atom. The number of carbonyl (C=O) groups excluding carboxylic acids is 1. The molecule has 0 unspecified atom stereocenters. The van der Waals surface area contributed by atoms with Crippen molar-refractivity contribution in [3.8, 4) is 0 Å². The quantitative estimate of drug-likeness (QED) is 0.865. The molecule has 1 aromatic heterocycles. The maximum absolute atomic E-state index is 11.8. The van der Waals surface area contributed by atoms with Gasteiger partial charge in [0.05, 0.1) is 5.92 Å². The van der Waals surface area contributed by atoms with Gasteiger partial charge in [0.2, 0.25) is 0 Å². The summed E-state index contributed by atoms with van der Waals surface area (Å²) in [6.07, 6.45) is 4.73. The molecule has 0 aliphatic heterocycles. The summed E-state index contributed by atoms with van der Waals surface area (Å²) in [5.74, 6) is -0.692. The van der Waals surface area contributed by atoms with Gasteiger partial charge in [0.1, 0.15) is 5.69 Å². The highest BCUT2D eigenvalue weighted by atomic mass is 16.4. The zero-order valence-corrected chi connectivity index (χ0v) is 10.7. The van der Waals surface area contributed by atoms with E-state index in [4.69, 9.17) is 5.11 Å². The Bertz CT molecular complexity index is 439. The molecule has 1 aliphatic carbocycles. The Balaban J connectivity index is 1.75. The SMILES string of the molecule is O=C(NCC1CCC(C(=O)O)CC1)c1ccccn1. The second kappa shape index (κ2) is 6.31. The predicted octanol–water partition coefficient (Wildman–Crippen LogP) is 1.70. The molecule has 1 fully saturated rings. The first kappa shape index (κ1) is 13.5. The minimum Gasteiger partial charge on any atom is -0.481 e. The first-order valence-corrected chi connectivity index (χ1v) is 6.59. The molecule has 1 aromatic rings. The number of nitrogens with one attached hydrogen (secondary N) is 1. The topological polar surface area (TPSA) is 79.3 Å². The van der Waals surface area contributed by atoms with Crippen molar-refractivity contribution in [2.45, 2.75) is 25.7 Å². The summed E-state index contributed by atoms with van der Waals surface area (Å²) in [6.45, 7) is 0.599. The third-order valence-electron chi connectivity index (χ3n) is 3.64. The van der Waals surface area contributed by atoms with E-state index in [1.807, 2.05) is 0 Å². The van der Waals surface area contributed by atoms with Gasteiger partial charge in [-0.2, -0.15) is 0 Å². The van der Waals surface area contributed by atoms with E-state index in [0.29, 0.717) is 31.0 Å². The van der Waals surface area contributed by atoms with Crippen LogP contribution in [-0.4, -0.2) is 28.5 Å². The molecule has 0 spiro atoms. The summed E-state index contributed by atoms with van der Waals surface area (Å²) in [4.78, 5) is 26.6. The monoisotopic (exact) mass is 262 g/mol. The Labute approximate surface area is 112 Å². The van der Waals surface area contributed by atoms with Crippen molar-refractivity contribution in [1.82, 2.24) is 10.3 Å². The van der Waals surface area contributed by atoms with E-state index in [0.717, 1.165) is 12.8 Å². The molecular weight excluding hydrogens is 244 g/mol. The summed E-state index contributed by atoms with van der Waals surface area (Å²) >= 11 is 0. The number of hydrogen-bond acceptors (Lipinski definition) is 3. The number of nitrogens with zero attached hydrogens (tertiary/aromatic N) is 1. The molecule has 2 N–H and O–H groups in total. The van der Waals surface area contributed by atoms with Crippen LogP contribution in [0, 0.1) is 11.8 Å². The zero-order chi connectivity index (χ0) is 13.7. The van der Waals surface area contributed by atoms with Crippen LogP contribution < -0.4 is 5.32 Å². The number of amides is 1. The van der Waals surface area contributed by atoms with Crippen LogP contribution in [0.5, 0.6) is 0 Å². The van der Waals surface area contributed by atoms with Gasteiger partial charge in [-0.1, -0.05) is 6.07 Å². The number of pyridine rings is 1. The molecule has 0 aromatic carbocycles. The number of carbonyl (C=O) groups is 2. The Kier molecular flexibility index (Phi) is 4.49. The number of carboxylic acid groups (broad SMARTS) is 1. The molecule has 5 heteroatoms. The molecule has 1 heterocycles. The van der Waals surface area contributed by atoms with Crippen LogP contribution in [0.1, 0.15) is 36.2 Å². The second-order valence-electron chi connectivity index (χ2n) is 4.98. The normalized spacial score (nSPS) is 22.7. The molecule has 1 amide bonds. The summed E-state index contributed by atoms with van der Waals surface area (Å²) < 4.78 is 0. The van der Waals surface area contributed by atoms with Crippen molar-refractivity contribution in [3.63, 3.8) is 0 Å². The number of aliphatic carboxylic acids is 1. The molecule has 19 heavy (non-hydrogen) atoms. The lowest BCUT2D eigenvalue weighted by atomic mass is 9.82. The van der Waals surface area contributed by atoms with Crippen LogP contribution in [-0.2, 0) is 4.79 Å². The smallest absolute Gasteiger partial charge is 0.306 e. The van der Waals surface area contributed by atoms with Gasteiger partial charge in [-0.05, 0) is 43.7 Å². The average Bonchev–Trinajstić information content (AvgIpc) is 2.46. The van der Waals surface area contributed by atoms with Crippen molar-refractivity contribution in [2.24, 2.45) is 11.8 Å². The van der Waals surface area contributed by atoms with Gasteiger partial charge in [0, 0.05) is 12.7 Å². The maximum atomic E-state index is 11.8. The zero-order valence-electron chi connectivity index (χ0n) is 10.7. The summed E-state index contributed by atoms with van der Waals surface area (Å²) in [6, 6.07) is 5.22. The van der Waals surface area contributed by atoms with Gasteiger partial charge in [0.15, 0.2) is 0 Å². The van der Waals surface area contributed by atoms with Crippen molar-refractivity contribution in [2.75, 3.05) is 6.54 Å². The van der Waals surface area contributed by atoms with E-state index in [9.17, 15) is 9.59 Å². The maximum Gasteiger partial charge on any atom is 0.306 e. The van der Waals surface area contributed by atoms with E-state index >= 15 is 0 Å². The summed E-state index contributed by atoms with van der Waals surface area (Å²) in [7, 11) is 0. The first-order valence-electron chi connectivity index (χ1n) is 6.59. The second-order valence-corrected chi connectivity index (χ2v) is 4.98. The molecule has 2 rings (SSSR count). The average molecular weight is 262 g/mol. The molecule has 0 atom stereocenters. The molecule has 0 bridgehead atoms. The number of hydrogen-bond donors (Lipinski definition) is 2. The van der Waals surface area contributed by atoms with Gasteiger partial charge in [-0.25, -0.2) is 0 Å². The highest BCUT2D eigenvalue weighted by molar-refractivity contribution is 5.92. The van der Waals surface area contributed by atoms with E-state index < -0.39 is 5.97 Å². The van der Waals surface area contributed by atoms with Crippen LogP contribution >= 0.6 is 0 Å². The van der Waals surface area contributed by atoms with Crippen molar-refractivity contribution in [1.29, 1.82) is 0 Å². The molecule has 1 aliphatic rings. The number of rotatable bonds is 4. The largest absolute Gasteiger partial charge is 0.481 e. The lowest BCUT2D eigenvalue weighted by Gasteiger charge is -2.26. The highest BCUT2D eigenvalue weighted by Crippen LogP contribution is 2.28. The Morgan fingerprint density at radius 1 is 1.26 bits per heavy atom. The van der Waals surface area contributed by atoms with Gasteiger partial charge in [0.25, 0.3) is 5.91 Å². The molecule has 0 saturated heterocycles. The summed E-state index contributed by atoms with van der Waals surface area (Å²) in [5, 5.41) is 11.8. The Hall–Kier alpha value is -1.91. The standard InChI is InChI=1S/C14H18N2O3/c17-13(12-3-1-2-8-15-12)16-9-10-4-6-11(7-5-10)14(18)19/h1-3,8,10-11H,4-7,9H2,(H,16,17)(H,18,19). The van der Waals surface area contributed by atoms with Gasteiger partial charge < -0.3 is 10.4 Å². The third kappa shape index (κ3) is 3.77. The fourth-order valence-electron chi connectivity index (χ4n) is 2.44. The minimum absolute atomic E-state index is 0.166. The summed E-state index contributed by atoms with van der Waals surface area (Å²) in [5.41, 5.74) is 0.418. The molecular formula is C14H18N2O3. The fraction of sp³-hybridized carbons (Fsp3) is 0.500.